The van der Waals surface area contributed by atoms with Crippen LogP contribution in [0.25, 0.3) is 11.2 Å². The van der Waals surface area contributed by atoms with Gasteiger partial charge in [0, 0.05) is 18.9 Å². The van der Waals surface area contributed by atoms with Gasteiger partial charge in [0.2, 0.25) is 0 Å². The molecule has 3 aromatic rings. The second-order valence-electron chi connectivity index (χ2n) is 4.93. The number of hydrogen-bond acceptors (Lipinski definition) is 5. The number of anilines is 1. The molecule has 0 unspecified atom stereocenters. The molecule has 0 amide bonds. The van der Waals surface area contributed by atoms with Crippen LogP contribution < -0.4 is 5.06 Å². The number of aromatic nitrogens is 3. The lowest BCUT2D eigenvalue weighted by molar-refractivity contribution is 0.179. The number of rotatable bonds is 4. The Morgan fingerprint density at radius 2 is 2.25 bits per heavy atom. The van der Waals surface area contributed by atoms with Crippen molar-refractivity contribution < 1.29 is 14.3 Å². The molecule has 0 saturated carbocycles. The number of ether oxygens (including phenoxy) is 1. The molecule has 124 valence electrons. The molecular weight excluding hydrogens is 337 g/mol. The van der Waals surface area contributed by atoms with Crippen molar-refractivity contribution in [1.82, 2.24) is 15.0 Å². The molecule has 24 heavy (non-hydrogen) atoms. The van der Waals surface area contributed by atoms with E-state index in [2.05, 4.69) is 15.0 Å². The van der Waals surface area contributed by atoms with Crippen LogP contribution in [0, 0.1) is 11.2 Å². The second kappa shape index (κ2) is 6.52. The molecule has 0 aliphatic rings. The number of fused-ring (bicyclic) bond motifs is 1. The van der Waals surface area contributed by atoms with Gasteiger partial charge < -0.3 is 9.72 Å². The maximum absolute atomic E-state index is 13.3. The fourth-order valence-electron chi connectivity index (χ4n) is 2.22. The highest BCUT2D eigenvalue weighted by atomic mass is 35.5. The predicted octanol–water partition coefficient (Wildman–Crippen LogP) is 3.12. The van der Waals surface area contributed by atoms with Crippen molar-refractivity contribution in [2.45, 2.75) is 6.61 Å². The predicted molar refractivity (Wildman–Crippen MR) is 87.1 cm³/mol. The van der Waals surface area contributed by atoms with E-state index in [1.807, 2.05) is 0 Å². The fraction of sp³-hybridized carbons (Fsp3) is 0.133. The zero-order valence-corrected chi connectivity index (χ0v) is 13.3. The van der Waals surface area contributed by atoms with E-state index in [0.717, 1.165) is 6.07 Å². The number of benzene rings is 1. The third-order valence-electron chi connectivity index (χ3n) is 3.34. The van der Waals surface area contributed by atoms with Gasteiger partial charge in [0.05, 0.1) is 16.2 Å². The van der Waals surface area contributed by atoms with Crippen molar-refractivity contribution in [3.05, 3.63) is 52.7 Å². The summed E-state index contributed by atoms with van der Waals surface area (Å²) < 4.78 is 18.3. The Hall–Kier alpha value is -2.55. The Kier molecular flexibility index (Phi) is 4.43. The Bertz CT molecular complexity index is 914. The van der Waals surface area contributed by atoms with Crippen molar-refractivity contribution >= 4 is 34.3 Å². The Labute approximate surface area is 141 Å². The van der Waals surface area contributed by atoms with Crippen LogP contribution in [-0.2, 0) is 11.3 Å². The molecule has 0 saturated heterocycles. The first-order valence-electron chi connectivity index (χ1n) is 6.86. The number of methoxy groups -OCH3 is 1. The number of imidazole rings is 1. The molecule has 0 bridgehead atoms. The number of amidine groups is 1. The van der Waals surface area contributed by atoms with Crippen molar-refractivity contribution in [2.24, 2.45) is 0 Å². The van der Waals surface area contributed by atoms with Crippen LogP contribution in [0.15, 0.2) is 30.5 Å². The highest BCUT2D eigenvalue weighted by Crippen LogP contribution is 2.24. The molecule has 3 N–H and O–H groups in total. The Morgan fingerprint density at radius 3 is 2.96 bits per heavy atom. The van der Waals surface area contributed by atoms with Crippen LogP contribution in [-0.4, -0.2) is 33.1 Å². The van der Waals surface area contributed by atoms with E-state index >= 15 is 0 Å². The number of H-pyrrole nitrogens is 1. The lowest BCUT2D eigenvalue weighted by atomic mass is 10.2. The van der Waals surface area contributed by atoms with Crippen molar-refractivity contribution in [1.29, 1.82) is 5.41 Å². The highest BCUT2D eigenvalue weighted by molar-refractivity contribution is 6.31. The topological polar surface area (TPSA) is 98.1 Å². The summed E-state index contributed by atoms with van der Waals surface area (Å²) in [5.74, 6) is -0.295. The van der Waals surface area contributed by atoms with Crippen LogP contribution in [0.2, 0.25) is 5.02 Å². The van der Waals surface area contributed by atoms with E-state index in [1.165, 1.54) is 25.4 Å². The van der Waals surface area contributed by atoms with E-state index < -0.39 is 5.82 Å². The van der Waals surface area contributed by atoms with Gasteiger partial charge in [-0.1, -0.05) is 11.6 Å². The monoisotopic (exact) mass is 349 g/mol. The molecule has 0 atom stereocenters. The van der Waals surface area contributed by atoms with Crippen LogP contribution in [0.1, 0.15) is 11.4 Å². The van der Waals surface area contributed by atoms with Gasteiger partial charge in [-0.05, 0) is 24.3 Å². The van der Waals surface area contributed by atoms with E-state index in [4.69, 9.17) is 21.7 Å². The molecule has 9 heteroatoms. The minimum absolute atomic E-state index is 0.150. The minimum Gasteiger partial charge on any atom is -0.377 e. The third-order valence-corrected chi connectivity index (χ3v) is 3.63. The molecule has 0 spiro atoms. The number of hydrogen-bond donors (Lipinski definition) is 3. The number of hydroxylamine groups is 1. The van der Waals surface area contributed by atoms with Gasteiger partial charge in [-0.2, -0.15) is 0 Å². The molecule has 3 rings (SSSR count). The molecule has 2 aromatic heterocycles. The zero-order valence-electron chi connectivity index (χ0n) is 12.5. The maximum atomic E-state index is 13.3. The number of nitrogens with zero attached hydrogens (tertiary/aromatic N) is 3. The third kappa shape index (κ3) is 2.94. The standard InChI is InChI=1S/C15H13ClFN5O2/c1-24-7-12-20-13-9(4-5-19-15(13)21-12)14(18)22(23)8-2-3-11(17)10(16)6-8/h2-6,18,23H,7H2,1H3,(H,19,20,21). The number of aromatic amines is 1. The summed E-state index contributed by atoms with van der Waals surface area (Å²) in [6.45, 7) is 0.263. The molecule has 0 radical (unpaired) electrons. The van der Waals surface area contributed by atoms with Crippen molar-refractivity contribution in [2.75, 3.05) is 12.2 Å². The first-order chi connectivity index (χ1) is 11.5. The van der Waals surface area contributed by atoms with Gasteiger partial charge in [-0.15, -0.1) is 0 Å². The van der Waals surface area contributed by atoms with Crippen LogP contribution >= 0.6 is 11.6 Å². The second-order valence-corrected chi connectivity index (χ2v) is 5.34. The van der Waals surface area contributed by atoms with Gasteiger partial charge in [0.15, 0.2) is 11.5 Å². The van der Waals surface area contributed by atoms with Gasteiger partial charge >= 0.3 is 0 Å². The first kappa shape index (κ1) is 16.3. The molecule has 2 heterocycles. The van der Waals surface area contributed by atoms with Crippen LogP contribution in [0.3, 0.4) is 0 Å². The van der Waals surface area contributed by atoms with E-state index in [1.54, 1.807) is 6.07 Å². The lowest BCUT2D eigenvalue weighted by Gasteiger charge is -2.18. The van der Waals surface area contributed by atoms with Crippen molar-refractivity contribution in [3.8, 4) is 0 Å². The van der Waals surface area contributed by atoms with E-state index in [9.17, 15) is 9.60 Å². The van der Waals surface area contributed by atoms with E-state index in [-0.39, 0.29) is 23.2 Å². The lowest BCUT2D eigenvalue weighted by Crippen LogP contribution is -2.27. The highest BCUT2D eigenvalue weighted by Gasteiger charge is 2.18. The largest absolute Gasteiger partial charge is 0.377 e. The summed E-state index contributed by atoms with van der Waals surface area (Å²) in [5, 5.41) is 19.0. The normalized spacial score (nSPS) is 11.0. The number of nitrogens with one attached hydrogen (secondary N) is 2. The molecule has 0 fully saturated rings. The fourth-order valence-corrected chi connectivity index (χ4v) is 2.40. The molecule has 1 aromatic carbocycles. The van der Waals surface area contributed by atoms with Crippen LogP contribution in [0.4, 0.5) is 10.1 Å². The number of halogens is 2. The van der Waals surface area contributed by atoms with Gasteiger partial charge in [0.1, 0.15) is 18.2 Å². The summed E-state index contributed by atoms with van der Waals surface area (Å²) >= 11 is 5.72. The molecule has 0 aliphatic heterocycles. The SMILES string of the molecule is COCc1nc2nccc(C(=N)N(O)c3ccc(F)c(Cl)c3)c2[nH]1. The average molecular weight is 350 g/mol. The molecule has 0 aliphatic carbocycles. The molecular formula is C15H13ClFN5O2. The maximum Gasteiger partial charge on any atom is 0.178 e. The van der Waals surface area contributed by atoms with Gasteiger partial charge in [0.25, 0.3) is 0 Å². The molecule has 7 nitrogen and oxygen atoms in total. The van der Waals surface area contributed by atoms with Crippen molar-refractivity contribution in [3.63, 3.8) is 0 Å². The van der Waals surface area contributed by atoms with Gasteiger partial charge in [-0.25, -0.2) is 19.4 Å². The van der Waals surface area contributed by atoms with Crippen LogP contribution in [0.5, 0.6) is 0 Å². The summed E-state index contributed by atoms with van der Waals surface area (Å²) in [6.07, 6.45) is 1.48. The zero-order chi connectivity index (χ0) is 17.3. The van der Waals surface area contributed by atoms with Gasteiger partial charge in [-0.3, -0.25) is 10.6 Å². The summed E-state index contributed by atoms with van der Waals surface area (Å²) in [5.41, 5.74) is 1.42. The summed E-state index contributed by atoms with van der Waals surface area (Å²) in [7, 11) is 1.54. The summed E-state index contributed by atoms with van der Waals surface area (Å²) in [4.78, 5) is 11.4. The Morgan fingerprint density at radius 1 is 1.46 bits per heavy atom. The quantitative estimate of drug-likeness (QED) is 0.382. The first-order valence-corrected chi connectivity index (χ1v) is 7.24. The average Bonchev–Trinajstić information content (AvgIpc) is 2.99. The van der Waals surface area contributed by atoms with E-state index in [0.29, 0.717) is 27.6 Å². The number of pyridine rings is 1. The summed E-state index contributed by atoms with van der Waals surface area (Å²) in [6, 6.07) is 5.22. The Balaban J connectivity index is 1.99. The minimum atomic E-state index is -0.607. The smallest absolute Gasteiger partial charge is 0.178 e.